The number of halogens is 1. The first kappa shape index (κ1) is 12.8. The Morgan fingerprint density at radius 3 is 3.05 bits per heavy atom. The number of rotatable bonds is 3. The average Bonchev–Trinajstić information content (AvgIpc) is 2.76. The van der Waals surface area contributed by atoms with Crippen LogP contribution in [0.1, 0.15) is 24.8 Å². The fourth-order valence-electron chi connectivity index (χ4n) is 2.71. The lowest BCUT2D eigenvalue weighted by Gasteiger charge is -2.24. The molecule has 1 saturated heterocycles. The largest absolute Gasteiger partial charge is 0.382 e. The Bertz CT molecular complexity index is 498. The predicted octanol–water partition coefficient (Wildman–Crippen LogP) is 2.39. The van der Waals surface area contributed by atoms with Gasteiger partial charge in [-0.25, -0.2) is 0 Å². The lowest BCUT2D eigenvalue weighted by molar-refractivity contribution is -0.115. The van der Waals surface area contributed by atoms with Crippen LogP contribution in [0.15, 0.2) is 12.1 Å². The van der Waals surface area contributed by atoms with Crippen LogP contribution < -0.4 is 16.0 Å². The van der Waals surface area contributed by atoms with E-state index in [1.54, 1.807) is 0 Å². The van der Waals surface area contributed by atoms with Crippen LogP contribution in [0.2, 0.25) is 5.02 Å². The standard InChI is InChI=1S/C14H18ClN3O/c15-11-7-12-9(6-14(19)18-12)5-13(11)17-8-10-3-1-2-4-16-10/h5,7,10,16-17H,1-4,6,8H2,(H,18,19). The molecule has 19 heavy (non-hydrogen) atoms. The molecule has 2 aliphatic heterocycles. The number of hydrogen-bond donors (Lipinski definition) is 3. The van der Waals surface area contributed by atoms with Crippen LogP contribution in [0.4, 0.5) is 11.4 Å². The molecular weight excluding hydrogens is 262 g/mol. The number of fused-ring (bicyclic) bond motifs is 1. The molecule has 0 saturated carbocycles. The maximum atomic E-state index is 11.3. The first-order valence-corrected chi connectivity index (χ1v) is 7.20. The molecule has 4 nitrogen and oxygen atoms in total. The summed E-state index contributed by atoms with van der Waals surface area (Å²) in [6.45, 7) is 1.97. The maximum Gasteiger partial charge on any atom is 0.228 e. The van der Waals surface area contributed by atoms with Gasteiger partial charge in [-0.15, -0.1) is 0 Å². The Morgan fingerprint density at radius 1 is 1.37 bits per heavy atom. The van der Waals surface area contributed by atoms with Crippen molar-refractivity contribution in [2.24, 2.45) is 0 Å². The van der Waals surface area contributed by atoms with Gasteiger partial charge in [0, 0.05) is 18.3 Å². The summed E-state index contributed by atoms with van der Waals surface area (Å²) >= 11 is 6.24. The van der Waals surface area contributed by atoms with E-state index in [2.05, 4.69) is 16.0 Å². The number of piperidine rings is 1. The number of anilines is 2. The van der Waals surface area contributed by atoms with Gasteiger partial charge < -0.3 is 16.0 Å². The Kier molecular flexibility index (Phi) is 3.62. The second-order valence-corrected chi connectivity index (χ2v) is 5.65. The molecule has 1 atom stereocenters. The molecule has 2 aliphatic rings. The summed E-state index contributed by atoms with van der Waals surface area (Å²) in [5.74, 6) is 0.0390. The highest BCUT2D eigenvalue weighted by atomic mass is 35.5. The summed E-state index contributed by atoms with van der Waals surface area (Å²) in [5, 5.41) is 10.4. The van der Waals surface area contributed by atoms with Gasteiger partial charge in [-0.2, -0.15) is 0 Å². The first-order chi connectivity index (χ1) is 9.22. The van der Waals surface area contributed by atoms with Gasteiger partial charge in [-0.05, 0) is 37.1 Å². The molecule has 5 heteroatoms. The quantitative estimate of drug-likeness (QED) is 0.796. The molecule has 0 aliphatic carbocycles. The average molecular weight is 280 g/mol. The summed E-state index contributed by atoms with van der Waals surface area (Å²) in [4.78, 5) is 11.3. The fraction of sp³-hybridized carbons (Fsp3) is 0.500. The van der Waals surface area contributed by atoms with Gasteiger partial charge >= 0.3 is 0 Å². The molecule has 1 aromatic carbocycles. The van der Waals surface area contributed by atoms with Crippen molar-refractivity contribution in [1.82, 2.24) is 5.32 Å². The van der Waals surface area contributed by atoms with Crippen LogP contribution in [-0.2, 0) is 11.2 Å². The Balaban J connectivity index is 1.67. The van der Waals surface area contributed by atoms with Crippen molar-refractivity contribution in [3.63, 3.8) is 0 Å². The van der Waals surface area contributed by atoms with Crippen LogP contribution >= 0.6 is 11.6 Å². The summed E-state index contributed by atoms with van der Waals surface area (Å²) in [6, 6.07) is 4.33. The van der Waals surface area contributed by atoms with Gasteiger partial charge in [0.1, 0.15) is 0 Å². The van der Waals surface area contributed by atoms with E-state index >= 15 is 0 Å². The molecule has 0 radical (unpaired) electrons. The first-order valence-electron chi connectivity index (χ1n) is 6.82. The van der Waals surface area contributed by atoms with Crippen LogP contribution in [0.25, 0.3) is 0 Å². The molecule has 0 spiro atoms. The minimum Gasteiger partial charge on any atom is -0.382 e. The topological polar surface area (TPSA) is 53.2 Å². The molecule has 1 aromatic rings. The number of carbonyl (C=O) groups is 1. The number of hydrogen-bond acceptors (Lipinski definition) is 3. The molecule has 1 amide bonds. The number of carbonyl (C=O) groups excluding carboxylic acids is 1. The highest BCUT2D eigenvalue weighted by Crippen LogP contribution is 2.32. The summed E-state index contributed by atoms with van der Waals surface area (Å²) in [5.41, 5.74) is 2.79. The summed E-state index contributed by atoms with van der Waals surface area (Å²) < 4.78 is 0. The van der Waals surface area contributed by atoms with Crippen molar-refractivity contribution < 1.29 is 4.79 Å². The lowest BCUT2D eigenvalue weighted by Crippen LogP contribution is -2.39. The Labute approximate surface area is 117 Å². The van der Waals surface area contributed by atoms with Crippen molar-refractivity contribution in [2.75, 3.05) is 23.7 Å². The minimum atomic E-state index is 0.0390. The van der Waals surface area contributed by atoms with Gasteiger partial charge in [0.2, 0.25) is 5.91 Å². The van der Waals surface area contributed by atoms with E-state index in [4.69, 9.17) is 11.6 Å². The second-order valence-electron chi connectivity index (χ2n) is 5.24. The third-order valence-electron chi connectivity index (χ3n) is 3.77. The van der Waals surface area contributed by atoms with Crippen molar-refractivity contribution in [3.05, 3.63) is 22.7 Å². The zero-order valence-corrected chi connectivity index (χ0v) is 11.5. The SMILES string of the molecule is O=C1Cc2cc(NCC3CCCCN3)c(Cl)cc2N1. The minimum absolute atomic E-state index is 0.0390. The van der Waals surface area contributed by atoms with Crippen molar-refractivity contribution in [1.29, 1.82) is 0 Å². The van der Waals surface area contributed by atoms with E-state index in [-0.39, 0.29) is 5.91 Å². The van der Waals surface area contributed by atoms with Crippen LogP contribution in [0.5, 0.6) is 0 Å². The fourth-order valence-corrected chi connectivity index (χ4v) is 2.95. The molecule has 1 fully saturated rings. The third-order valence-corrected chi connectivity index (χ3v) is 4.08. The van der Waals surface area contributed by atoms with Crippen molar-refractivity contribution in [2.45, 2.75) is 31.7 Å². The van der Waals surface area contributed by atoms with Gasteiger partial charge in [-0.1, -0.05) is 18.0 Å². The van der Waals surface area contributed by atoms with Crippen molar-refractivity contribution >= 4 is 28.9 Å². The van der Waals surface area contributed by atoms with E-state index in [0.717, 1.165) is 30.0 Å². The zero-order chi connectivity index (χ0) is 13.2. The van der Waals surface area contributed by atoms with Crippen LogP contribution in [0.3, 0.4) is 0 Å². The zero-order valence-electron chi connectivity index (χ0n) is 10.8. The van der Waals surface area contributed by atoms with E-state index in [1.165, 1.54) is 19.3 Å². The highest BCUT2D eigenvalue weighted by Gasteiger charge is 2.20. The monoisotopic (exact) mass is 279 g/mol. The normalized spacial score (nSPS) is 21.9. The lowest BCUT2D eigenvalue weighted by atomic mass is 10.0. The van der Waals surface area contributed by atoms with E-state index < -0.39 is 0 Å². The number of benzene rings is 1. The van der Waals surface area contributed by atoms with Gasteiger partial charge in [0.05, 0.1) is 17.1 Å². The van der Waals surface area contributed by atoms with Crippen molar-refractivity contribution in [3.8, 4) is 0 Å². The molecule has 2 heterocycles. The summed E-state index contributed by atoms with van der Waals surface area (Å²) in [7, 11) is 0. The predicted molar refractivity (Wildman–Crippen MR) is 77.9 cm³/mol. The van der Waals surface area contributed by atoms with Gasteiger partial charge in [-0.3, -0.25) is 4.79 Å². The Hall–Kier alpha value is -1.26. The number of nitrogens with one attached hydrogen (secondary N) is 3. The molecule has 1 unspecified atom stereocenters. The molecule has 0 aromatic heterocycles. The molecule has 3 rings (SSSR count). The smallest absolute Gasteiger partial charge is 0.228 e. The van der Waals surface area contributed by atoms with Gasteiger partial charge in [0.15, 0.2) is 0 Å². The van der Waals surface area contributed by atoms with Crippen LogP contribution in [0, 0.1) is 0 Å². The third kappa shape index (κ3) is 2.85. The molecule has 3 N–H and O–H groups in total. The molecular formula is C14H18ClN3O. The highest BCUT2D eigenvalue weighted by molar-refractivity contribution is 6.33. The summed E-state index contributed by atoms with van der Waals surface area (Å²) in [6.07, 6.45) is 4.21. The van der Waals surface area contributed by atoms with E-state index in [9.17, 15) is 4.79 Å². The number of amides is 1. The molecule has 102 valence electrons. The maximum absolute atomic E-state index is 11.3. The van der Waals surface area contributed by atoms with E-state index in [0.29, 0.717) is 17.5 Å². The van der Waals surface area contributed by atoms with Crippen LogP contribution in [-0.4, -0.2) is 25.0 Å². The van der Waals surface area contributed by atoms with E-state index in [1.807, 2.05) is 12.1 Å². The second kappa shape index (κ2) is 5.39. The van der Waals surface area contributed by atoms with Gasteiger partial charge in [0.25, 0.3) is 0 Å². The Morgan fingerprint density at radius 2 is 2.26 bits per heavy atom. The molecule has 0 bridgehead atoms.